The second kappa shape index (κ2) is 6.39. The topological polar surface area (TPSA) is 73.0 Å². The number of nitro groups is 1. The van der Waals surface area contributed by atoms with Gasteiger partial charge in [-0.25, -0.2) is 0 Å². The molecule has 1 heterocycles. The number of nitrogens with one attached hydrogen (secondary N) is 1. The van der Waals surface area contributed by atoms with Crippen LogP contribution in [0.4, 0.5) is 11.4 Å². The zero-order chi connectivity index (χ0) is 15.4. The third-order valence-electron chi connectivity index (χ3n) is 3.50. The van der Waals surface area contributed by atoms with Crippen LogP contribution in [0.1, 0.15) is 30.8 Å². The molecule has 0 amide bonds. The minimum absolute atomic E-state index is 0.0895. The third kappa shape index (κ3) is 3.21. The molecule has 2 rings (SSSR count). The van der Waals surface area contributed by atoms with Gasteiger partial charge in [-0.3, -0.25) is 14.8 Å². The minimum atomic E-state index is -0.379. The molecular formula is C15H20N4O2. The Morgan fingerprint density at radius 3 is 2.62 bits per heavy atom. The van der Waals surface area contributed by atoms with Crippen molar-refractivity contribution in [3.63, 3.8) is 0 Å². The number of rotatable bonds is 6. The highest BCUT2D eigenvalue weighted by Crippen LogP contribution is 2.25. The number of nitrogens with zero attached hydrogens (tertiary/aromatic N) is 3. The van der Waals surface area contributed by atoms with Crippen LogP contribution in [0.25, 0.3) is 0 Å². The van der Waals surface area contributed by atoms with Gasteiger partial charge in [0.05, 0.1) is 17.2 Å². The average molecular weight is 288 g/mol. The molecule has 0 aliphatic carbocycles. The fourth-order valence-electron chi connectivity index (χ4n) is 2.32. The lowest BCUT2D eigenvalue weighted by molar-refractivity contribution is -0.384. The summed E-state index contributed by atoms with van der Waals surface area (Å²) in [4.78, 5) is 10.6. The zero-order valence-corrected chi connectivity index (χ0v) is 12.6. The zero-order valence-electron chi connectivity index (χ0n) is 12.6. The molecule has 1 aromatic heterocycles. The lowest BCUT2D eigenvalue weighted by atomic mass is 10.1. The second-order valence-electron chi connectivity index (χ2n) is 4.85. The summed E-state index contributed by atoms with van der Waals surface area (Å²) in [5, 5.41) is 18.4. The third-order valence-corrected chi connectivity index (χ3v) is 3.50. The highest BCUT2D eigenvalue weighted by atomic mass is 16.6. The van der Waals surface area contributed by atoms with Gasteiger partial charge in [0.15, 0.2) is 0 Å². The maximum absolute atomic E-state index is 10.9. The molecule has 0 aliphatic rings. The van der Waals surface area contributed by atoms with E-state index in [-0.39, 0.29) is 10.6 Å². The smallest absolute Gasteiger partial charge is 0.292 e. The summed E-state index contributed by atoms with van der Waals surface area (Å²) in [5.41, 5.74) is 3.86. The highest BCUT2D eigenvalue weighted by Gasteiger charge is 2.14. The normalized spacial score (nSPS) is 10.6. The first-order chi connectivity index (χ1) is 10.1. The minimum Gasteiger partial charge on any atom is -0.383 e. The van der Waals surface area contributed by atoms with Crippen molar-refractivity contribution in [2.24, 2.45) is 0 Å². The van der Waals surface area contributed by atoms with E-state index in [1.807, 2.05) is 10.7 Å². The predicted molar refractivity (Wildman–Crippen MR) is 82.7 cm³/mol. The first-order valence-corrected chi connectivity index (χ1v) is 7.09. The van der Waals surface area contributed by atoms with E-state index in [0.717, 1.165) is 24.1 Å². The van der Waals surface area contributed by atoms with E-state index in [4.69, 9.17) is 0 Å². The van der Waals surface area contributed by atoms with Crippen LogP contribution in [0, 0.1) is 10.1 Å². The standard InChI is InChI=1S/C15H20N4O2/c1-4-12-9-13(5-2)18(17-12)10-11-6-7-15(19(20)21)14(8-11)16-3/h6-9,16H,4-5,10H2,1-3H3. The van der Waals surface area contributed by atoms with Gasteiger partial charge in [0.25, 0.3) is 5.69 Å². The summed E-state index contributed by atoms with van der Waals surface area (Å²) in [5.74, 6) is 0. The van der Waals surface area contributed by atoms with Gasteiger partial charge < -0.3 is 5.32 Å². The van der Waals surface area contributed by atoms with Crippen LogP contribution in [0.5, 0.6) is 0 Å². The largest absolute Gasteiger partial charge is 0.383 e. The van der Waals surface area contributed by atoms with Gasteiger partial charge >= 0.3 is 0 Å². The summed E-state index contributed by atoms with van der Waals surface area (Å²) >= 11 is 0. The van der Waals surface area contributed by atoms with Crippen molar-refractivity contribution in [1.82, 2.24) is 9.78 Å². The Bertz CT molecular complexity index is 649. The number of anilines is 1. The molecule has 21 heavy (non-hydrogen) atoms. The number of aromatic nitrogens is 2. The van der Waals surface area contributed by atoms with Crippen molar-refractivity contribution in [3.8, 4) is 0 Å². The fourth-order valence-corrected chi connectivity index (χ4v) is 2.32. The predicted octanol–water partition coefficient (Wildman–Crippen LogP) is 3.01. The molecule has 6 heteroatoms. The van der Waals surface area contributed by atoms with Crippen molar-refractivity contribution in [2.75, 3.05) is 12.4 Å². The number of hydrogen-bond donors (Lipinski definition) is 1. The van der Waals surface area contributed by atoms with Crippen molar-refractivity contribution in [3.05, 3.63) is 51.3 Å². The van der Waals surface area contributed by atoms with Gasteiger partial charge in [-0.1, -0.05) is 19.9 Å². The quantitative estimate of drug-likeness (QED) is 0.655. The summed E-state index contributed by atoms with van der Waals surface area (Å²) in [6.45, 7) is 4.80. The number of hydrogen-bond acceptors (Lipinski definition) is 4. The molecule has 0 unspecified atom stereocenters. The van der Waals surface area contributed by atoms with E-state index in [1.165, 1.54) is 11.8 Å². The summed E-state index contributed by atoms with van der Waals surface area (Å²) in [6, 6.07) is 7.25. The van der Waals surface area contributed by atoms with E-state index in [0.29, 0.717) is 12.2 Å². The van der Waals surface area contributed by atoms with E-state index in [1.54, 1.807) is 13.1 Å². The molecule has 1 aromatic carbocycles. The Labute approximate surface area is 123 Å². The molecule has 112 valence electrons. The van der Waals surface area contributed by atoms with Crippen molar-refractivity contribution in [1.29, 1.82) is 0 Å². The average Bonchev–Trinajstić information content (AvgIpc) is 2.89. The Morgan fingerprint density at radius 1 is 1.29 bits per heavy atom. The Kier molecular flexibility index (Phi) is 4.57. The lowest BCUT2D eigenvalue weighted by Gasteiger charge is -2.08. The molecule has 6 nitrogen and oxygen atoms in total. The molecule has 0 saturated heterocycles. The van der Waals surface area contributed by atoms with E-state index < -0.39 is 0 Å². The van der Waals surface area contributed by atoms with E-state index in [9.17, 15) is 10.1 Å². The van der Waals surface area contributed by atoms with Crippen LogP contribution < -0.4 is 5.32 Å². The molecule has 0 atom stereocenters. The molecule has 0 bridgehead atoms. The van der Waals surface area contributed by atoms with Gasteiger partial charge in [0.1, 0.15) is 5.69 Å². The SMILES string of the molecule is CCc1cc(CC)n(Cc2ccc([N+](=O)[O-])c(NC)c2)n1. The molecule has 0 fully saturated rings. The number of nitro benzene ring substituents is 1. The number of aryl methyl sites for hydroxylation is 2. The fraction of sp³-hybridized carbons (Fsp3) is 0.400. The van der Waals surface area contributed by atoms with Crippen LogP contribution in [0.15, 0.2) is 24.3 Å². The highest BCUT2D eigenvalue weighted by molar-refractivity contribution is 5.62. The monoisotopic (exact) mass is 288 g/mol. The summed E-state index contributed by atoms with van der Waals surface area (Å²) < 4.78 is 1.97. The maximum atomic E-state index is 10.9. The van der Waals surface area contributed by atoms with Crippen LogP contribution in [-0.2, 0) is 19.4 Å². The second-order valence-corrected chi connectivity index (χ2v) is 4.85. The molecule has 1 N–H and O–H groups in total. The van der Waals surface area contributed by atoms with Gasteiger partial charge in [0.2, 0.25) is 0 Å². The van der Waals surface area contributed by atoms with Crippen molar-refractivity contribution >= 4 is 11.4 Å². The number of benzene rings is 1. The molecule has 0 aliphatic heterocycles. The van der Waals surface area contributed by atoms with E-state index >= 15 is 0 Å². The summed E-state index contributed by atoms with van der Waals surface area (Å²) in [6.07, 6.45) is 1.82. The van der Waals surface area contributed by atoms with Gasteiger partial charge in [-0.05, 0) is 30.5 Å². The first-order valence-electron chi connectivity index (χ1n) is 7.09. The molecule has 0 spiro atoms. The van der Waals surface area contributed by atoms with E-state index in [2.05, 4.69) is 30.3 Å². The van der Waals surface area contributed by atoms with Gasteiger partial charge in [0, 0.05) is 18.8 Å². The van der Waals surface area contributed by atoms with Crippen LogP contribution in [-0.4, -0.2) is 21.8 Å². The van der Waals surface area contributed by atoms with Crippen molar-refractivity contribution < 1.29 is 4.92 Å². The first kappa shape index (κ1) is 15.0. The van der Waals surface area contributed by atoms with Crippen LogP contribution >= 0.6 is 0 Å². The van der Waals surface area contributed by atoms with Crippen molar-refractivity contribution in [2.45, 2.75) is 33.2 Å². The molecular weight excluding hydrogens is 268 g/mol. The summed E-state index contributed by atoms with van der Waals surface area (Å²) in [7, 11) is 1.69. The van der Waals surface area contributed by atoms with Gasteiger partial charge in [-0.15, -0.1) is 0 Å². The van der Waals surface area contributed by atoms with Gasteiger partial charge in [-0.2, -0.15) is 5.10 Å². The maximum Gasteiger partial charge on any atom is 0.292 e. The van der Waals surface area contributed by atoms with Crippen LogP contribution in [0.3, 0.4) is 0 Å². The Morgan fingerprint density at radius 2 is 2.05 bits per heavy atom. The molecule has 0 radical (unpaired) electrons. The lowest BCUT2D eigenvalue weighted by Crippen LogP contribution is -2.07. The van der Waals surface area contributed by atoms with Crippen LogP contribution in [0.2, 0.25) is 0 Å². The Balaban J connectivity index is 2.31. The molecule has 0 saturated carbocycles. The molecule has 2 aromatic rings. The Hall–Kier alpha value is -2.37.